The van der Waals surface area contributed by atoms with Gasteiger partial charge in [0, 0.05) is 54.7 Å². The van der Waals surface area contributed by atoms with Gasteiger partial charge in [0.1, 0.15) is 5.75 Å². The minimum atomic E-state index is -0.925. The number of carboxylic acids is 1. The summed E-state index contributed by atoms with van der Waals surface area (Å²) < 4.78 is 19.5. The van der Waals surface area contributed by atoms with Crippen molar-refractivity contribution in [1.82, 2.24) is 9.97 Å². The molecule has 1 unspecified atom stereocenters. The molecular weight excluding hydrogens is 622 g/mol. The van der Waals surface area contributed by atoms with E-state index >= 15 is 0 Å². The number of carbonyl (C=O) groups is 1. The van der Waals surface area contributed by atoms with Gasteiger partial charge in [0.15, 0.2) is 5.16 Å². The molecule has 1 N–H and O–H groups in total. The van der Waals surface area contributed by atoms with Crippen LogP contribution in [-0.4, -0.2) is 71.4 Å². The molecule has 8 nitrogen and oxygen atoms in total. The van der Waals surface area contributed by atoms with E-state index in [1.54, 1.807) is 36.3 Å². The van der Waals surface area contributed by atoms with Crippen LogP contribution in [0.4, 0.5) is 5.69 Å². The van der Waals surface area contributed by atoms with Crippen LogP contribution in [-0.2, 0) is 21.3 Å². The first kappa shape index (κ1) is 31.7. The predicted molar refractivity (Wildman–Crippen MR) is 179 cm³/mol. The highest BCUT2D eigenvalue weighted by Crippen LogP contribution is 2.47. The number of ether oxygens (including phenoxy) is 3. The standard InChI is InChI=1S/C36H42ClN3O5S/c1-23(20-46-35-38-13-3-14-39-35)45-28-11-15-43-33(18-28)29-8-5-26(29)19-40-21-36(12-2-4-24-16-27(37)7-9-30(24)36)22-44-32-10-6-25(34(41)42)17-31(32)40/h3,6-7,9-10,13-14,16-17,23,26,28-29,33H,2,4-5,8,11-12,15,18-22H2,1H3,(H,41,42)/t23-,26+,28-,29-,33-,36?/m1/s1. The van der Waals surface area contributed by atoms with E-state index in [0.29, 0.717) is 25.0 Å². The second-order valence-electron chi connectivity index (χ2n) is 13.4. The van der Waals surface area contributed by atoms with Crippen molar-refractivity contribution in [2.45, 2.75) is 80.8 Å². The second kappa shape index (κ2) is 13.7. The van der Waals surface area contributed by atoms with Gasteiger partial charge in [0.25, 0.3) is 0 Å². The number of aryl methyl sites for hydroxylation is 1. The molecule has 244 valence electrons. The zero-order valence-corrected chi connectivity index (χ0v) is 27.8. The predicted octanol–water partition coefficient (Wildman–Crippen LogP) is 7.07. The Morgan fingerprint density at radius 1 is 1.20 bits per heavy atom. The molecule has 46 heavy (non-hydrogen) atoms. The van der Waals surface area contributed by atoms with Crippen LogP contribution in [0.15, 0.2) is 60.0 Å². The highest BCUT2D eigenvalue weighted by atomic mass is 35.5. The van der Waals surface area contributed by atoms with Gasteiger partial charge >= 0.3 is 5.97 Å². The van der Waals surface area contributed by atoms with Crippen LogP contribution in [0.25, 0.3) is 0 Å². The average molecular weight is 664 g/mol. The average Bonchev–Trinajstić information content (AvgIpc) is 3.19. The SMILES string of the molecule is C[C@H](CSc1ncccn1)O[C@@H]1CCO[C@@H]([C@@H]2CC[C@H]2CN2CC3(CCCc4cc(Cl)ccc43)COc3ccc(C(=O)O)cc32)C1. The minimum Gasteiger partial charge on any atom is -0.490 e. The first-order chi connectivity index (χ1) is 22.4. The van der Waals surface area contributed by atoms with Crippen molar-refractivity contribution in [3.63, 3.8) is 0 Å². The van der Waals surface area contributed by atoms with Crippen LogP contribution < -0.4 is 9.64 Å². The summed E-state index contributed by atoms with van der Waals surface area (Å²) in [7, 11) is 0. The molecule has 0 bridgehead atoms. The maximum absolute atomic E-state index is 12.0. The number of nitrogens with zero attached hydrogens (tertiary/aromatic N) is 3. The number of rotatable bonds is 9. The van der Waals surface area contributed by atoms with Gasteiger partial charge in [-0.15, -0.1) is 0 Å². The Morgan fingerprint density at radius 3 is 2.87 bits per heavy atom. The molecule has 1 spiro atoms. The number of hydrogen-bond acceptors (Lipinski definition) is 8. The van der Waals surface area contributed by atoms with Gasteiger partial charge in [-0.3, -0.25) is 0 Å². The summed E-state index contributed by atoms with van der Waals surface area (Å²) in [5.41, 5.74) is 3.57. The molecule has 0 amide bonds. The Kier molecular flexibility index (Phi) is 9.46. The lowest BCUT2D eigenvalue weighted by molar-refractivity contribution is -0.126. The Hall–Kier alpha value is -2.85. The van der Waals surface area contributed by atoms with Crippen LogP contribution in [0, 0.1) is 11.8 Å². The molecule has 2 fully saturated rings. The molecule has 7 rings (SSSR count). The third-order valence-electron chi connectivity index (χ3n) is 10.4. The maximum Gasteiger partial charge on any atom is 0.335 e. The summed E-state index contributed by atoms with van der Waals surface area (Å²) in [6.45, 7) is 5.01. The summed E-state index contributed by atoms with van der Waals surface area (Å²) in [5, 5.41) is 11.4. The molecule has 3 heterocycles. The third-order valence-corrected chi connectivity index (χ3v) is 11.7. The van der Waals surface area contributed by atoms with Gasteiger partial charge < -0.3 is 24.2 Å². The van der Waals surface area contributed by atoms with E-state index in [2.05, 4.69) is 33.9 Å². The van der Waals surface area contributed by atoms with E-state index in [1.165, 1.54) is 11.1 Å². The van der Waals surface area contributed by atoms with Gasteiger partial charge in [-0.1, -0.05) is 29.4 Å². The van der Waals surface area contributed by atoms with E-state index in [0.717, 1.165) is 85.4 Å². The van der Waals surface area contributed by atoms with Crippen LogP contribution in [0.5, 0.6) is 5.75 Å². The summed E-state index contributed by atoms with van der Waals surface area (Å²) in [4.78, 5) is 23.1. The summed E-state index contributed by atoms with van der Waals surface area (Å²) >= 11 is 8.05. The number of fused-ring (bicyclic) bond motifs is 3. The fourth-order valence-electron chi connectivity index (χ4n) is 7.98. The highest BCUT2D eigenvalue weighted by Gasteiger charge is 2.45. The first-order valence-corrected chi connectivity index (χ1v) is 17.9. The van der Waals surface area contributed by atoms with Gasteiger partial charge in [-0.05, 0) is 105 Å². The van der Waals surface area contributed by atoms with Gasteiger partial charge in [-0.2, -0.15) is 0 Å². The topological polar surface area (TPSA) is 94.0 Å². The maximum atomic E-state index is 12.0. The first-order valence-electron chi connectivity index (χ1n) is 16.6. The van der Waals surface area contributed by atoms with Crippen LogP contribution in [0.3, 0.4) is 0 Å². The number of halogens is 1. The second-order valence-corrected chi connectivity index (χ2v) is 14.9. The Morgan fingerprint density at radius 2 is 2.07 bits per heavy atom. The Balaban J connectivity index is 1.07. The Bertz CT molecular complexity index is 1550. The van der Waals surface area contributed by atoms with Crippen molar-refractivity contribution in [1.29, 1.82) is 0 Å². The normalized spacial score (nSPS) is 27.9. The van der Waals surface area contributed by atoms with E-state index in [-0.39, 0.29) is 29.3 Å². The monoisotopic (exact) mass is 663 g/mol. The third kappa shape index (κ3) is 6.75. The molecular formula is C36H42ClN3O5S. The van der Waals surface area contributed by atoms with E-state index in [9.17, 15) is 9.90 Å². The van der Waals surface area contributed by atoms with Crippen LogP contribution >= 0.6 is 23.4 Å². The molecule has 1 saturated heterocycles. The number of thioether (sulfide) groups is 1. The fourth-order valence-corrected chi connectivity index (χ4v) is 8.91. The van der Waals surface area contributed by atoms with E-state index in [1.807, 2.05) is 18.2 Å². The van der Waals surface area contributed by atoms with Crippen molar-refractivity contribution in [2.24, 2.45) is 11.8 Å². The summed E-state index contributed by atoms with van der Waals surface area (Å²) in [6.07, 6.45) is 11.1. The van der Waals surface area contributed by atoms with Gasteiger partial charge in [-0.25, -0.2) is 14.8 Å². The summed E-state index contributed by atoms with van der Waals surface area (Å²) in [5.74, 6) is 1.53. The highest BCUT2D eigenvalue weighted by molar-refractivity contribution is 7.99. The number of anilines is 1. The molecule has 3 aromatic rings. The molecule has 0 radical (unpaired) electrons. The lowest BCUT2D eigenvalue weighted by Gasteiger charge is -2.48. The number of hydrogen-bond donors (Lipinski definition) is 1. The zero-order valence-electron chi connectivity index (χ0n) is 26.3. The molecule has 4 aliphatic rings. The largest absolute Gasteiger partial charge is 0.490 e. The van der Waals surface area contributed by atoms with E-state index < -0.39 is 5.97 Å². The van der Waals surface area contributed by atoms with Gasteiger partial charge in [0.2, 0.25) is 0 Å². The van der Waals surface area contributed by atoms with E-state index in [4.69, 9.17) is 25.8 Å². The number of benzene rings is 2. The van der Waals surface area contributed by atoms with Crippen molar-refractivity contribution in [3.05, 3.63) is 76.6 Å². The number of carboxylic acid groups (broad SMARTS) is 1. The minimum absolute atomic E-state index is 0.0937. The quantitative estimate of drug-likeness (QED) is 0.191. The Labute approximate surface area is 280 Å². The molecule has 6 atom stereocenters. The lowest BCUT2D eigenvalue weighted by Crippen LogP contribution is -2.51. The van der Waals surface area contributed by atoms with Crippen molar-refractivity contribution in [2.75, 3.05) is 37.0 Å². The molecule has 1 saturated carbocycles. The molecule has 2 aliphatic heterocycles. The van der Waals surface area contributed by atoms with Gasteiger partial charge in [0.05, 0.1) is 36.2 Å². The van der Waals surface area contributed by atoms with Crippen LogP contribution in [0.2, 0.25) is 5.02 Å². The molecule has 2 aliphatic carbocycles. The smallest absolute Gasteiger partial charge is 0.335 e. The lowest BCUT2D eigenvalue weighted by atomic mass is 9.67. The number of aromatic nitrogens is 2. The van der Waals surface area contributed by atoms with Crippen LogP contribution in [0.1, 0.15) is 66.9 Å². The van der Waals surface area contributed by atoms with Crippen molar-refractivity contribution >= 4 is 35.0 Å². The summed E-state index contributed by atoms with van der Waals surface area (Å²) in [6, 6.07) is 13.4. The molecule has 2 aromatic carbocycles. The molecule has 1 aromatic heterocycles. The number of aromatic carboxylic acids is 1. The fraction of sp³-hybridized carbons (Fsp3) is 0.528. The zero-order chi connectivity index (χ0) is 31.7. The van der Waals surface area contributed by atoms with Crippen molar-refractivity contribution < 1.29 is 24.1 Å². The molecule has 10 heteroatoms. The van der Waals surface area contributed by atoms with Crippen molar-refractivity contribution in [3.8, 4) is 5.75 Å².